The van der Waals surface area contributed by atoms with Crippen molar-refractivity contribution in [2.75, 3.05) is 7.11 Å². The van der Waals surface area contributed by atoms with Gasteiger partial charge in [-0.1, -0.05) is 17.8 Å². The number of nitrogens with zero attached hydrogens (tertiary/aromatic N) is 3. The maximum absolute atomic E-state index is 5.15. The van der Waals surface area contributed by atoms with Gasteiger partial charge < -0.3 is 4.74 Å². The summed E-state index contributed by atoms with van der Waals surface area (Å²) in [5.41, 5.74) is 3.05. The zero-order valence-electron chi connectivity index (χ0n) is 12.1. The Morgan fingerprint density at radius 1 is 1.00 bits per heavy atom. The van der Waals surface area contributed by atoms with Crippen LogP contribution in [-0.2, 0) is 5.75 Å². The molecule has 0 amide bonds. The Morgan fingerprint density at radius 2 is 1.86 bits per heavy atom. The highest BCUT2D eigenvalue weighted by molar-refractivity contribution is 7.98. The van der Waals surface area contributed by atoms with Gasteiger partial charge in [0.25, 0.3) is 0 Å². The minimum Gasteiger partial charge on any atom is -0.497 e. The number of rotatable bonds is 5. The van der Waals surface area contributed by atoms with Crippen molar-refractivity contribution in [2.24, 2.45) is 0 Å². The molecule has 0 saturated heterocycles. The maximum atomic E-state index is 5.15. The number of ether oxygens (including phenoxy) is 1. The number of aromatic nitrogens is 3. The molecule has 1 aromatic carbocycles. The van der Waals surface area contributed by atoms with Gasteiger partial charge in [-0.25, -0.2) is 0 Å². The Labute approximate surface area is 133 Å². The van der Waals surface area contributed by atoms with Gasteiger partial charge in [0, 0.05) is 23.7 Å². The topological polar surface area (TPSA) is 47.9 Å². The summed E-state index contributed by atoms with van der Waals surface area (Å²) in [6, 6.07) is 15.8. The first kappa shape index (κ1) is 14.5. The van der Waals surface area contributed by atoms with Crippen LogP contribution in [0.1, 0.15) is 5.56 Å². The van der Waals surface area contributed by atoms with Crippen molar-refractivity contribution in [1.82, 2.24) is 15.2 Å². The number of benzene rings is 1. The summed E-state index contributed by atoms with van der Waals surface area (Å²) in [5, 5.41) is 9.47. The molecular weight excluding hydrogens is 294 g/mol. The molecule has 0 atom stereocenters. The van der Waals surface area contributed by atoms with Crippen LogP contribution in [-0.4, -0.2) is 22.3 Å². The standard InChI is InChI=1S/C17H15N3OS/c1-21-15-6-4-14(5-7-15)16-8-9-17(20-19-16)22-12-13-3-2-10-18-11-13/h2-11H,12H2,1H3. The second-order valence-corrected chi connectivity index (χ2v) is 5.63. The van der Waals surface area contributed by atoms with Crippen molar-refractivity contribution < 1.29 is 4.74 Å². The van der Waals surface area contributed by atoms with Crippen LogP contribution in [0, 0.1) is 0 Å². The quantitative estimate of drug-likeness (QED) is 0.670. The van der Waals surface area contributed by atoms with Crippen molar-refractivity contribution in [3.63, 3.8) is 0 Å². The van der Waals surface area contributed by atoms with E-state index in [1.807, 2.05) is 48.7 Å². The number of pyridine rings is 1. The van der Waals surface area contributed by atoms with E-state index in [-0.39, 0.29) is 0 Å². The van der Waals surface area contributed by atoms with E-state index in [4.69, 9.17) is 4.74 Å². The van der Waals surface area contributed by atoms with Crippen molar-refractivity contribution in [1.29, 1.82) is 0 Å². The highest BCUT2D eigenvalue weighted by Gasteiger charge is 2.03. The molecule has 0 N–H and O–H groups in total. The van der Waals surface area contributed by atoms with Gasteiger partial charge in [0.15, 0.2) is 0 Å². The maximum Gasteiger partial charge on any atom is 0.119 e. The zero-order valence-corrected chi connectivity index (χ0v) is 13.0. The van der Waals surface area contributed by atoms with Gasteiger partial charge in [-0.2, -0.15) is 0 Å². The molecule has 0 unspecified atom stereocenters. The average Bonchev–Trinajstić information content (AvgIpc) is 2.61. The summed E-state index contributed by atoms with van der Waals surface area (Å²) >= 11 is 1.65. The molecule has 5 heteroatoms. The lowest BCUT2D eigenvalue weighted by atomic mass is 10.1. The lowest BCUT2D eigenvalue weighted by molar-refractivity contribution is 0.415. The minimum atomic E-state index is 0.834. The van der Waals surface area contributed by atoms with Gasteiger partial charge in [0.1, 0.15) is 10.8 Å². The summed E-state index contributed by atoms with van der Waals surface area (Å²) in [6.45, 7) is 0. The molecule has 0 aliphatic carbocycles. The van der Waals surface area contributed by atoms with Crippen molar-refractivity contribution >= 4 is 11.8 Å². The molecule has 22 heavy (non-hydrogen) atoms. The molecule has 2 aromatic heterocycles. The normalized spacial score (nSPS) is 10.4. The van der Waals surface area contributed by atoms with E-state index in [1.54, 1.807) is 25.1 Å². The Morgan fingerprint density at radius 3 is 2.50 bits per heavy atom. The van der Waals surface area contributed by atoms with Gasteiger partial charge in [-0.3, -0.25) is 4.98 Å². The summed E-state index contributed by atoms with van der Waals surface area (Å²) < 4.78 is 5.15. The third-order valence-electron chi connectivity index (χ3n) is 3.14. The molecule has 0 fully saturated rings. The molecule has 2 heterocycles. The van der Waals surface area contributed by atoms with Crippen LogP contribution < -0.4 is 4.74 Å². The van der Waals surface area contributed by atoms with Crippen molar-refractivity contribution in [3.8, 4) is 17.0 Å². The van der Waals surface area contributed by atoms with Crippen LogP contribution in [0.3, 0.4) is 0 Å². The fourth-order valence-electron chi connectivity index (χ4n) is 1.95. The first-order valence-corrected chi connectivity index (χ1v) is 7.83. The van der Waals surface area contributed by atoms with Gasteiger partial charge in [-0.15, -0.1) is 10.2 Å². The number of hydrogen-bond donors (Lipinski definition) is 0. The second-order valence-electron chi connectivity index (χ2n) is 4.64. The van der Waals surface area contributed by atoms with Crippen LogP contribution in [0.25, 0.3) is 11.3 Å². The molecule has 110 valence electrons. The fourth-order valence-corrected chi connectivity index (χ4v) is 2.70. The van der Waals surface area contributed by atoms with Gasteiger partial charge >= 0.3 is 0 Å². The molecule has 3 aromatic rings. The first-order chi connectivity index (χ1) is 10.8. The summed E-state index contributed by atoms with van der Waals surface area (Å²) in [4.78, 5) is 4.11. The lowest BCUT2D eigenvalue weighted by Crippen LogP contribution is -1.90. The molecule has 3 rings (SSSR count). The third kappa shape index (κ3) is 3.62. The molecule has 0 aliphatic rings. The van der Waals surface area contributed by atoms with E-state index in [0.29, 0.717) is 0 Å². The fraction of sp³-hybridized carbons (Fsp3) is 0.118. The molecule has 0 aliphatic heterocycles. The predicted octanol–water partition coefficient (Wildman–Crippen LogP) is 3.84. The minimum absolute atomic E-state index is 0.834. The van der Waals surface area contributed by atoms with Crippen LogP contribution >= 0.6 is 11.8 Å². The van der Waals surface area contributed by atoms with Crippen LogP contribution in [0.15, 0.2) is 66.0 Å². The second kappa shape index (κ2) is 7.04. The van der Waals surface area contributed by atoms with E-state index in [2.05, 4.69) is 21.2 Å². The van der Waals surface area contributed by atoms with Crippen molar-refractivity contribution in [2.45, 2.75) is 10.8 Å². The molecule has 0 saturated carbocycles. The van der Waals surface area contributed by atoms with Crippen LogP contribution in [0.4, 0.5) is 0 Å². The van der Waals surface area contributed by atoms with E-state index < -0.39 is 0 Å². The predicted molar refractivity (Wildman–Crippen MR) is 87.8 cm³/mol. The summed E-state index contributed by atoms with van der Waals surface area (Å²) in [7, 11) is 1.66. The SMILES string of the molecule is COc1ccc(-c2ccc(SCc3cccnc3)nn2)cc1. The molecule has 0 bridgehead atoms. The van der Waals surface area contributed by atoms with E-state index in [0.717, 1.165) is 27.8 Å². The average molecular weight is 309 g/mol. The van der Waals surface area contributed by atoms with Crippen molar-refractivity contribution in [3.05, 3.63) is 66.5 Å². The largest absolute Gasteiger partial charge is 0.497 e. The molecule has 0 radical (unpaired) electrons. The van der Waals surface area contributed by atoms with Gasteiger partial charge in [-0.05, 0) is 48.0 Å². The van der Waals surface area contributed by atoms with E-state index in [9.17, 15) is 0 Å². The summed E-state index contributed by atoms with van der Waals surface area (Å²) in [5.74, 6) is 1.67. The number of thioether (sulfide) groups is 1. The summed E-state index contributed by atoms with van der Waals surface area (Å²) in [6.07, 6.45) is 3.64. The van der Waals surface area contributed by atoms with Crippen LogP contribution in [0.5, 0.6) is 5.75 Å². The highest BCUT2D eigenvalue weighted by Crippen LogP contribution is 2.23. The van der Waals surface area contributed by atoms with E-state index in [1.165, 1.54) is 5.56 Å². The number of methoxy groups -OCH3 is 1. The first-order valence-electron chi connectivity index (χ1n) is 6.85. The Kier molecular flexibility index (Phi) is 4.65. The monoisotopic (exact) mass is 309 g/mol. The Balaban J connectivity index is 1.67. The highest BCUT2D eigenvalue weighted by atomic mass is 32.2. The Hall–Kier alpha value is -2.40. The van der Waals surface area contributed by atoms with Gasteiger partial charge in [0.05, 0.1) is 12.8 Å². The third-order valence-corrected chi connectivity index (χ3v) is 4.13. The molecular formula is C17H15N3OS. The smallest absolute Gasteiger partial charge is 0.119 e. The number of hydrogen-bond acceptors (Lipinski definition) is 5. The van der Waals surface area contributed by atoms with Gasteiger partial charge in [0.2, 0.25) is 0 Å². The zero-order chi connectivity index (χ0) is 15.2. The molecule has 4 nitrogen and oxygen atoms in total. The molecule has 0 spiro atoms. The lowest BCUT2D eigenvalue weighted by Gasteiger charge is -2.04. The van der Waals surface area contributed by atoms with Crippen LogP contribution in [0.2, 0.25) is 0 Å². The van der Waals surface area contributed by atoms with E-state index >= 15 is 0 Å². The Bertz CT molecular complexity index is 715.